The molecule has 1 aliphatic rings. The van der Waals surface area contributed by atoms with Crippen LogP contribution in [0.2, 0.25) is 0 Å². The van der Waals surface area contributed by atoms with Gasteiger partial charge in [0.2, 0.25) is 5.88 Å². The van der Waals surface area contributed by atoms with Crippen LogP contribution in [0.3, 0.4) is 0 Å². The van der Waals surface area contributed by atoms with Gasteiger partial charge in [-0.05, 0) is 55.3 Å². The molecule has 1 atom stereocenters. The van der Waals surface area contributed by atoms with E-state index < -0.39 is 17.9 Å². The number of thioether (sulfide) groups is 1. The minimum Gasteiger partial charge on any atom is -0.480 e. The molecule has 9 heteroatoms. The van der Waals surface area contributed by atoms with Crippen LogP contribution in [-0.4, -0.2) is 42.0 Å². The first-order valence-corrected chi connectivity index (χ1v) is 13.5. The predicted octanol–water partition coefficient (Wildman–Crippen LogP) is 6.18. The smallest absolute Gasteiger partial charge is 0.327 e. The van der Waals surface area contributed by atoms with E-state index in [0.29, 0.717) is 27.8 Å². The molecular weight excluding hydrogens is 530 g/mol. The van der Waals surface area contributed by atoms with E-state index in [0.717, 1.165) is 28.6 Å². The topological polar surface area (TPSA) is 84.7 Å². The van der Waals surface area contributed by atoms with Crippen molar-refractivity contribution in [1.82, 2.24) is 14.7 Å². The van der Waals surface area contributed by atoms with E-state index in [1.807, 2.05) is 98.8 Å². The van der Waals surface area contributed by atoms with Gasteiger partial charge < -0.3 is 9.84 Å². The van der Waals surface area contributed by atoms with Gasteiger partial charge in [0.25, 0.3) is 5.91 Å². The third-order valence-electron chi connectivity index (χ3n) is 6.23. The molecule has 1 N–H and O–H groups in total. The first kappa shape index (κ1) is 26.4. The Hall–Kier alpha value is -4.21. The highest BCUT2D eigenvalue weighted by atomic mass is 32.2. The van der Waals surface area contributed by atoms with Crippen LogP contribution in [-0.2, 0) is 16.0 Å². The van der Waals surface area contributed by atoms with Crippen molar-refractivity contribution >= 4 is 46.3 Å². The molecule has 1 saturated heterocycles. The molecule has 196 valence electrons. The molecule has 5 rings (SSSR count). The van der Waals surface area contributed by atoms with Crippen molar-refractivity contribution in [3.63, 3.8) is 0 Å². The Morgan fingerprint density at radius 3 is 2.41 bits per heavy atom. The number of rotatable bonds is 8. The fourth-order valence-corrected chi connectivity index (χ4v) is 5.66. The molecule has 0 saturated carbocycles. The molecule has 1 aromatic heterocycles. The molecule has 0 aliphatic carbocycles. The fourth-order valence-electron chi connectivity index (χ4n) is 4.32. The quantitative estimate of drug-likeness (QED) is 0.205. The number of amides is 1. The molecule has 1 amide bonds. The Bertz CT molecular complexity index is 1580. The second kappa shape index (κ2) is 11.3. The minimum absolute atomic E-state index is 0.141. The third kappa shape index (κ3) is 5.64. The third-order valence-corrected chi connectivity index (χ3v) is 7.57. The van der Waals surface area contributed by atoms with E-state index in [4.69, 9.17) is 22.1 Å². The minimum atomic E-state index is -1.12. The molecule has 0 unspecified atom stereocenters. The molecule has 0 bridgehead atoms. The number of benzene rings is 3. The van der Waals surface area contributed by atoms with Crippen molar-refractivity contribution in [2.24, 2.45) is 0 Å². The molecule has 7 nitrogen and oxygen atoms in total. The fraction of sp³-hybridized carbons (Fsp3) is 0.133. The second-order valence-electron chi connectivity index (χ2n) is 9.07. The first-order chi connectivity index (χ1) is 18.8. The number of carboxylic acids is 1. The highest BCUT2D eigenvalue weighted by Crippen LogP contribution is 2.38. The van der Waals surface area contributed by atoms with Crippen molar-refractivity contribution in [1.29, 1.82) is 0 Å². The van der Waals surface area contributed by atoms with Gasteiger partial charge in [-0.3, -0.25) is 9.69 Å². The van der Waals surface area contributed by atoms with Crippen LogP contribution in [0, 0.1) is 13.8 Å². The van der Waals surface area contributed by atoms with Crippen LogP contribution in [0.15, 0.2) is 89.8 Å². The first-order valence-electron chi connectivity index (χ1n) is 12.2. The van der Waals surface area contributed by atoms with Crippen LogP contribution in [0.25, 0.3) is 11.8 Å². The second-order valence-corrected chi connectivity index (χ2v) is 10.7. The SMILES string of the molecule is Cc1cccc(Oc2c(/C=C3\SC(=S)N([C@@H](Cc4ccccc4)C(=O)O)C3=O)c(C)nn2-c2ccccc2)c1. The zero-order valence-electron chi connectivity index (χ0n) is 21.3. The molecule has 0 radical (unpaired) electrons. The number of thiocarbonyl (C=S) groups is 1. The number of para-hydroxylation sites is 1. The molecule has 4 aromatic rings. The van der Waals surface area contributed by atoms with E-state index in [-0.39, 0.29) is 10.7 Å². The number of hydrogen-bond donors (Lipinski definition) is 1. The van der Waals surface area contributed by atoms with Gasteiger partial charge in [0.15, 0.2) is 0 Å². The Labute approximate surface area is 235 Å². The van der Waals surface area contributed by atoms with Gasteiger partial charge in [-0.1, -0.05) is 84.6 Å². The molecule has 1 fully saturated rings. The summed E-state index contributed by atoms with van der Waals surface area (Å²) >= 11 is 6.58. The van der Waals surface area contributed by atoms with Crippen LogP contribution in [0.5, 0.6) is 11.6 Å². The van der Waals surface area contributed by atoms with Crippen molar-refractivity contribution in [3.05, 3.63) is 112 Å². The van der Waals surface area contributed by atoms with Crippen LogP contribution < -0.4 is 4.74 Å². The molecule has 1 aliphatic heterocycles. The Morgan fingerprint density at radius 1 is 1.05 bits per heavy atom. The van der Waals surface area contributed by atoms with Gasteiger partial charge in [-0.15, -0.1) is 0 Å². The lowest BCUT2D eigenvalue weighted by Gasteiger charge is -2.23. The summed E-state index contributed by atoms with van der Waals surface area (Å²) in [5.74, 6) is -0.508. The number of aryl methyl sites for hydroxylation is 2. The van der Waals surface area contributed by atoms with E-state index in [1.54, 1.807) is 10.8 Å². The normalized spacial score (nSPS) is 15.1. The standard InChI is InChI=1S/C30H25N3O4S2/c1-19-10-9-15-23(16-19)37-28-24(20(2)31-33(28)22-13-7-4-8-14-22)18-26-27(34)32(30(38)39-26)25(29(35)36)17-21-11-5-3-6-12-21/h3-16,18,25H,17H2,1-2H3,(H,35,36)/b26-18-/t25-/m0/s1. The van der Waals surface area contributed by atoms with Crippen molar-refractivity contribution in [2.75, 3.05) is 0 Å². The van der Waals surface area contributed by atoms with E-state index in [9.17, 15) is 14.7 Å². The predicted molar refractivity (Wildman–Crippen MR) is 156 cm³/mol. The van der Waals surface area contributed by atoms with E-state index in [1.165, 1.54) is 4.90 Å². The monoisotopic (exact) mass is 555 g/mol. The maximum absolute atomic E-state index is 13.6. The van der Waals surface area contributed by atoms with Gasteiger partial charge in [0.05, 0.1) is 21.8 Å². The summed E-state index contributed by atoms with van der Waals surface area (Å²) < 4.78 is 8.25. The van der Waals surface area contributed by atoms with Crippen LogP contribution >= 0.6 is 24.0 Å². The van der Waals surface area contributed by atoms with Crippen LogP contribution in [0.1, 0.15) is 22.4 Å². The van der Waals surface area contributed by atoms with Crippen molar-refractivity contribution < 1.29 is 19.4 Å². The average molecular weight is 556 g/mol. The van der Waals surface area contributed by atoms with Gasteiger partial charge in [-0.25, -0.2) is 4.79 Å². The zero-order valence-corrected chi connectivity index (χ0v) is 22.9. The largest absolute Gasteiger partial charge is 0.480 e. The lowest BCUT2D eigenvalue weighted by Crippen LogP contribution is -2.45. The summed E-state index contributed by atoms with van der Waals surface area (Å²) in [5, 5.41) is 14.7. The average Bonchev–Trinajstić information content (AvgIpc) is 3.38. The maximum atomic E-state index is 13.6. The lowest BCUT2D eigenvalue weighted by atomic mass is 10.0. The number of hydrogen-bond acceptors (Lipinski definition) is 6. The summed E-state index contributed by atoms with van der Waals surface area (Å²) in [6.07, 6.45) is 1.83. The van der Waals surface area contributed by atoms with Gasteiger partial charge in [-0.2, -0.15) is 9.78 Å². The number of ether oxygens (including phenoxy) is 1. The number of carbonyl (C=O) groups is 2. The van der Waals surface area contributed by atoms with E-state index in [2.05, 4.69) is 0 Å². The highest BCUT2D eigenvalue weighted by molar-refractivity contribution is 8.26. The van der Waals surface area contributed by atoms with Gasteiger partial charge >= 0.3 is 5.97 Å². The number of aromatic nitrogens is 2. The van der Waals surface area contributed by atoms with Crippen LogP contribution in [0.4, 0.5) is 0 Å². The highest BCUT2D eigenvalue weighted by Gasteiger charge is 2.41. The number of aliphatic carboxylic acids is 1. The van der Waals surface area contributed by atoms with Gasteiger partial charge in [0, 0.05) is 6.42 Å². The van der Waals surface area contributed by atoms with Crippen molar-refractivity contribution in [2.45, 2.75) is 26.3 Å². The zero-order chi connectivity index (χ0) is 27.5. The van der Waals surface area contributed by atoms with Crippen molar-refractivity contribution in [3.8, 4) is 17.3 Å². The Balaban J connectivity index is 1.54. The maximum Gasteiger partial charge on any atom is 0.327 e. The number of nitrogens with zero attached hydrogens (tertiary/aromatic N) is 3. The summed E-state index contributed by atoms with van der Waals surface area (Å²) in [6.45, 7) is 3.82. The summed E-state index contributed by atoms with van der Waals surface area (Å²) in [5.41, 5.74) is 3.89. The summed E-state index contributed by atoms with van der Waals surface area (Å²) in [6, 6.07) is 25.3. The molecular formula is C30H25N3O4S2. The van der Waals surface area contributed by atoms with E-state index >= 15 is 0 Å². The Morgan fingerprint density at radius 2 is 1.74 bits per heavy atom. The molecule has 2 heterocycles. The summed E-state index contributed by atoms with van der Waals surface area (Å²) in [4.78, 5) is 27.3. The lowest BCUT2D eigenvalue weighted by molar-refractivity contribution is -0.145. The Kier molecular flexibility index (Phi) is 7.63. The number of carboxylic acid groups (broad SMARTS) is 1. The number of carbonyl (C=O) groups excluding carboxylic acids is 1. The summed E-state index contributed by atoms with van der Waals surface area (Å²) in [7, 11) is 0. The molecule has 39 heavy (non-hydrogen) atoms. The molecule has 3 aromatic carbocycles. The molecule has 0 spiro atoms. The van der Waals surface area contributed by atoms with Gasteiger partial charge in [0.1, 0.15) is 16.1 Å².